The fourth-order valence-corrected chi connectivity index (χ4v) is 1.91. The number of nitrogens with one attached hydrogen (secondary N) is 1. The quantitative estimate of drug-likeness (QED) is 0.881. The Labute approximate surface area is 127 Å². The number of halogens is 2. The monoisotopic (exact) mass is 312 g/mol. The van der Waals surface area contributed by atoms with E-state index in [1.165, 1.54) is 0 Å². The van der Waals surface area contributed by atoms with Gasteiger partial charge in [0.2, 0.25) is 0 Å². The average molecular weight is 313 g/mol. The maximum Gasteiger partial charge on any atom is 0.158 e. The molecule has 0 aliphatic rings. The van der Waals surface area contributed by atoms with Crippen molar-refractivity contribution in [2.75, 3.05) is 17.7 Å². The molecule has 106 valence electrons. The molecule has 2 rings (SSSR count). The second kappa shape index (κ2) is 6.74. The highest BCUT2D eigenvalue weighted by atomic mass is 35.5. The van der Waals surface area contributed by atoms with Crippen LogP contribution in [0.15, 0.2) is 24.3 Å². The van der Waals surface area contributed by atoms with E-state index in [0.717, 1.165) is 0 Å². The number of ether oxygens (including phenoxy) is 1. The minimum Gasteiger partial charge on any atom is -0.384 e. The first kappa shape index (κ1) is 14.8. The molecule has 1 heterocycles. The van der Waals surface area contributed by atoms with Gasteiger partial charge in [-0.15, -0.1) is 0 Å². The van der Waals surface area contributed by atoms with Crippen molar-refractivity contribution in [3.05, 3.63) is 40.1 Å². The summed E-state index contributed by atoms with van der Waals surface area (Å²) in [4.78, 5) is 8.40. The van der Waals surface area contributed by atoms with E-state index < -0.39 is 0 Å². The number of hydrogen-bond acceptors (Lipinski definition) is 5. The number of hydrogen-bond donors (Lipinski definition) is 2. The second-order valence-electron chi connectivity index (χ2n) is 3.98. The lowest BCUT2D eigenvalue weighted by Crippen LogP contribution is -2.05. The first-order chi connectivity index (χ1) is 9.58. The predicted octanol–water partition coefficient (Wildman–Crippen LogP) is 3.65. The lowest BCUT2D eigenvalue weighted by molar-refractivity contribution is 0.128. The van der Waals surface area contributed by atoms with E-state index in [4.69, 9.17) is 33.7 Å². The van der Waals surface area contributed by atoms with Crippen molar-refractivity contribution < 1.29 is 4.74 Å². The molecule has 0 atom stereocenters. The van der Waals surface area contributed by atoms with E-state index in [1.807, 2.05) is 6.92 Å². The van der Waals surface area contributed by atoms with Crippen LogP contribution in [0.1, 0.15) is 12.7 Å². The Morgan fingerprint density at radius 2 is 2.05 bits per heavy atom. The number of nitrogen functional groups attached to an aromatic ring is 1. The van der Waals surface area contributed by atoms with Crippen molar-refractivity contribution in [3.8, 4) is 0 Å². The van der Waals surface area contributed by atoms with Crippen LogP contribution in [0.25, 0.3) is 0 Å². The molecule has 1 aromatic carbocycles. The Kier molecular flexibility index (Phi) is 5.00. The highest BCUT2D eigenvalue weighted by Crippen LogP contribution is 2.28. The van der Waals surface area contributed by atoms with Crippen LogP contribution in [0.5, 0.6) is 0 Å². The van der Waals surface area contributed by atoms with Gasteiger partial charge in [0.05, 0.1) is 10.7 Å². The molecule has 3 N–H and O–H groups in total. The third-order valence-corrected chi connectivity index (χ3v) is 2.98. The van der Waals surface area contributed by atoms with Gasteiger partial charge in [-0.3, -0.25) is 0 Å². The second-order valence-corrected chi connectivity index (χ2v) is 4.82. The van der Waals surface area contributed by atoms with E-state index in [1.54, 1.807) is 24.3 Å². The molecule has 0 radical (unpaired) electrons. The Morgan fingerprint density at radius 1 is 1.25 bits per heavy atom. The molecule has 0 aliphatic carbocycles. The Balaban J connectivity index is 2.24. The van der Waals surface area contributed by atoms with Crippen LogP contribution in [-0.4, -0.2) is 16.6 Å². The third-order valence-electron chi connectivity index (χ3n) is 2.42. The molecular weight excluding hydrogens is 299 g/mol. The Hall–Kier alpha value is -1.56. The van der Waals surface area contributed by atoms with E-state index >= 15 is 0 Å². The molecular formula is C13H14Cl2N4O. The molecule has 0 spiro atoms. The van der Waals surface area contributed by atoms with Crippen LogP contribution < -0.4 is 11.1 Å². The SMILES string of the molecule is CCOCc1nc(N)cc(Nc2cc(Cl)ccc2Cl)n1. The van der Waals surface area contributed by atoms with Gasteiger partial charge >= 0.3 is 0 Å². The summed E-state index contributed by atoms with van der Waals surface area (Å²) >= 11 is 12.0. The molecule has 0 amide bonds. The van der Waals surface area contributed by atoms with Gasteiger partial charge in [0.15, 0.2) is 5.82 Å². The molecule has 0 bridgehead atoms. The molecule has 2 aromatic rings. The fraction of sp³-hybridized carbons (Fsp3) is 0.231. The molecule has 5 nitrogen and oxygen atoms in total. The standard InChI is InChI=1S/C13H14Cl2N4O/c1-2-20-7-13-18-11(16)6-12(19-13)17-10-5-8(14)3-4-9(10)15/h3-6H,2,7H2,1H3,(H3,16,17,18,19). The highest BCUT2D eigenvalue weighted by Gasteiger charge is 2.06. The largest absolute Gasteiger partial charge is 0.384 e. The number of nitrogens with zero attached hydrogens (tertiary/aromatic N) is 2. The number of rotatable bonds is 5. The Morgan fingerprint density at radius 3 is 2.80 bits per heavy atom. The molecule has 0 fully saturated rings. The lowest BCUT2D eigenvalue weighted by Gasteiger charge is -2.10. The van der Waals surface area contributed by atoms with E-state index in [9.17, 15) is 0 Å². The zero-order valence-electron chi connectivity index (χ0n) is 10.9. The van der Waals surface area contributed by atoms with Crippen LogP contribution in [0.3, 0.4) is 0 Å². The summed E-state index contributed by atoms with van der Waals surface area (Å²) in [6.07, 6.45) is 0. The number of anilines is 3. The van der Waals surface area contributed by atoms with E-state index in [-0.39, 0.29) is 0 Å². The van der Waals surface area contributed by atoms with Crippen LogP contribution >= 0.6 is 23.2 Å². The molecule has 0 aliphatic heterocycles. The normalized spacial score (nSPS) is 10.6. The van der Waals surface area contributed by atoms with Crippen molar-refractivity contribution >= 4 is 40.5 Å². The topological polar surface area (TPSA) is 73.1 Å². The maximum absolute atomic E-state index is 6.09. The van der Waals surface area contributed by atoms with Gasteiger partial charge in [0, 0.05) is 17.7 Å². The fourth-order valence-electron chi connectivity index (χ4n) is 1.57. The first-order valence-corrected chi connectivity index (χ1v) is 6.77. The van der Waals surface area contributed by atoms with Gasteiger partial charge in [0.1, 0.15) is 18.2 Å². The van der Waals surface area contributed by atoms with Crippen molar-refractivity contribution in [3.63, 3.8) is 0 Å². The summed E-state index contributed by atoms with van der Waals surface area (Å²) in [5, 5.41) is 4.18. The van der Waals surface area contributed by atoms with Gasteiger partial charge in [-0.25, -0.2) is 9.97 Å². The number of benzene rings is 1. The van der Waals surface area contributed by atoms with Crippen molar-refractivity contribution in [2.45, 2.75) is 13.5 Å². The summed E-state index contributed by atoms with van der Waals surface area (Å²) in [5.41, 5.74) is 6.40. The van der Waals surface area contributed by atoms with Crippen LogP contribution in [0.2, 0.25) is 10.0 Å². The van der Waals surface area contributed by atoms with Crippen molar-refractivity contribution in [1.82, 2.24) is 9.97 Å². The number of aromatic nitrogens is 2. The van der Waals surface area contributed by atoms with Gasteiger partial charge in [-0.1, -0.05) is 23.2 Å². The number of nitrogens with two attached hydrogens (primary N) is 1. The molecule has 0 saturated carbocycles. The molecule has 7 heteroatoms. The highest BCUT2D eigenvalue weighted by molar-refractivity contribution is 6.35. The Bertz CT molecular complexity index is 607. The van der Waals surface area contributed by atoms with Gasteiger partial charge in [0.25, 0.3) is 0 Å². The summed E-state index contributed by atoms with van der Waals surface area (Å²) in [6, 6.07) is 6.75. The van der Waals surface area contributed by atoms with E-state index in [0.29, 0.717) is 46.4 Å². The maximum atomic E-state index is 6.09. The third kappa shape index (κ3) is 3.96. The summed E-state index contributed by atoms with van der Waals surface area (Å²) < 4.78 is 5.27. The lowest BCUT2D eigenvalue weighted by atomic mass is 10.3. The van der Waals surface area contributed by atoms with Gasteiger partial charge in [-0.2, -0.15) is 0 Å². The van der Waals surface area contributed by atoms with Crippen LogP contribution in [-0.2, 0) is 11.3 Å². The zero-order chi connectivity index (χ0) is 14.5. The molecule has 0 saturated heterocycles. The zero-order valence-corrected chi connectivity index (χ0v) is 12.4. The van der Waals surface area contributed by atoms with Crippen molar-refractivity contribution in [2.24, 2.45) is 0 Å². The van der Waals surface area contributed by atoms with Crippen LogP contribution in [0.4, 0.5) is 17.3 Å². The van der Waals surface area contributed by atoms with E-state index in [2.05, 4.69) is 15.3 Å². The molecule has 1 aromatic heterocycles. The average Bonchev–Trinajstić information content (AvgIpc) is 2.40. The predicted molar refractivity (Wildman–Crippen MR) is 81.5 cm³/mol. The van der Waals surface area contributed by atoms with Crippen LogP contribution in [0, 0.1) is 0 Å². The van der Waals surface area contributed by atoms with Gasteiger partial charge in [-0.05, 0) is 25.1 Å². The summed E-state index contributed by atoms with van der Waals surface area (Å²) in [7, 11) is 0. The summed E-state index contributed by atoms with van der Waals surface area (Å²) in [6.45, 7) is 2.79. The minimum atomic E-state index is 0.305. The van der Waals surface area contributed by atoms with Crippen molar-refractivity contribution in [1.29, 1.82) is 0 Å². The molecule has 20 heavy (non-hydrogen) atoms. The van der Waals surface area contributed by atoms with Gasteiger partial charge < -0.3 is 15.8 Å². The minimum absolute atomic E-state index is 0.305. The smallest absolute Gasteiger partial charge is 0.158 e. The summed E-state index contributed by atoms with van der Waals surface area (Å²) in [5.74, 6) is 1.40. The molecule has 0 unspecified atom stereocenters. The first-order valence-electron chi connectivity index (χ1n) is 6.01.